The molecular formula is C19H35N3O2. The second kappa shape index (κ2) is 8.45. The number of allylic oxidation sites excluding steroid dienone is 1. The summed E-state index contributed by atoms with van der Waals surface area (Å²) in [5.74, 6) is 0.786. The van der Waals surface area contributed by atoms with Crippen LogP contribution < -0.4 is 5.73 Å². The number of nitrogens with two attached hydrogens (primary N) is 1. The van der Waals surface area contributed by atoms with E-state index in [1.807, 2.05) is 6.21 Å². The maximum atomic E-state index is 11.3. The number of oxime groups is 1. The van der Waals surface area contributed by atoms with Crippen molar-refractivity contribution >= 4 is 6.21 Å². The van der Waals surface area contributed by atoms with Crippen LogP contribution in [0, 0.1) is 17.3 Å². The molecular weight excluding hydrogens is 302 g/mol. The van der Waals surface area contributed by atoms with Crippen molar-refractivity contribution in [3.05, 3.63) is 12.2 Å². The summed E-state index contributed by atoms with van der Waals surface area (Å²) in [5.41, 5.74) is 4.75. The lowest BCUT2D eigenvalue weighted by molar-refractivity contribution is -0.1000. The first-order valence-corrected chi connectivity index (χ1v) is 9.30. The summed E-state index contributed by atoms with van der Waals surface area (Å²) < 4.78 is 0. The first-order valence-electron chi connectivity index (χ1n) is 9.30. The van der Waals surface area contributed by atoms with Crippen LogP contribution in [0.1, 0.15) is 45.4 Å². The molecule has 5 nitrogen and oxygen atoms in total. The van der Waals surface area contributed by atoms with Crippen LogP contribution in [-0.2, 0) is 4.84 Å². The van der Waals surface area contributed by atoms with Gasteiger partial charge in [0.1, 0.15) is 6.61 Å². The molecule has 5 heteroatoms. The average molecular weight is 338 g/mol. The molecule has 4 atom stereocenters. The maximum absolute atomic E-state index is 11.3. The molecule has 0 saturated heterocycles. The molecule has 2 fully saturated rings. The zero-order valence-corrected chi connectivity index (χ0v) is 15.6. The summed E-state index contributed by atoms with van der Waals surface area (Å²) in [6.45, 7) is 4.23. The fourth-order valence-electron chi connectivity index (χ4n) is 4.36. The summed E-state index contributed by atoms with van der Waals surface area (Å²) in [4.78, 5) is 7.35. The normalized spacial score (nSPS) is 36.8. The summed E-state index contributed by atoms with van der Waals surface area (Å²) in [6, 6.07) is 0. The van der Waals surface area contributed by atoms with Crippen molar-refractivity contribution in [2.45, 2.75) is 51.0 Å². The second-order valence-corrected chi connectivity index (χ2v) is 7.99. The van der Waals surface area contributed by atoms with E-state index in [2.05, 4.69) is 43.2 Å². The van der Waals surface area contributed by atoms with E-state index in [0.29, 0.717) is 25.0 Å². The number of nitrogens with zero attached hydrogens (tertiary/aromatic N) is 2. The molecule has 0 unspecified atom stereocenters. The number of aliphatic hydroxyl groups is 1. The van der Waals surface area contributed by atoms with Crippen molar-refractivity contribution in [1.82, 2.24) is 4.90 Å². The highest BCUT2D eigenvalue weighted by atomic mass is 16.6. The molecule has 138 valence electrons. The molecule has 0 amide bonds. The number of hydrogen-bond donors (Lipinski definition) is 2. The van der Waals surface area contributed by atoms with Crippen molar-refractivity contribution in [2.24, 2.45) is 28.1 Å². The lowest BCUT2D eigenvalue weighted by atomic mass is 9.60. The van der Waals surface area contributed by atoms with Gasteiger partial charge in [0.05, 0.1) is 5.60 Å². The van der Waals surface area contributed by atoms with Crippen LogP contribution in [0.5, 0.6) is 0 Å². The van der Waals surface area contributed by atoms with Crippen molar-refractivity contribution < 1.29 is 9.94 Å². The van der Waals surface area contributed by atoms with Gasteiger partial charge in [0.2, 0.25) is 0 Å². The van der Waals surface area contributed by atoms with Crippen LogP contribution in [-0.4, -0.2) is 55.6 Å². The standard InChI is InChI=1S/C19H35N3O2/c1-18-9-7-16(6-4-5-12-22(2)3)14-19(18,23)10-8-17(18)15-21-24-13-11-20/h4,6,15-17,23H,5,7-14,20H2,1-3H3/b6-4+,21-15+/t16-,17+,18+,19-/m0/s1. The Hall–Kier alpha value is -0.910. The Morgan fingerprint density at radius 2 is 2.12 bits per heavy atom. The number of hydrogen-bond acceptors (Lipinski definition) is 5. The highest BCUT2D eigenvalue weighted by Crippen LogP contribution is 2.58. The molecule has 2 saturated carbocycles. The largest absolute Gasteiger partial charge is 0.395 e. The number of rotatable bonds is 8. The summed E-state index contributed by atoms with van der Waals surface area (Å²) in [6.07, 6.45) is 12.5. The Morgan fingerprint density at radius 1 is 1.33 bits per heavy atom. The maximum Gasteiger partial charge on any atom is 0.129 e. The molecule has 3 N–H and O–H groups in total. The molecule has 0 spiro atoms. The van der Waals surface area contributed by atoms with Crippen molar-refractivity contribution in [3.63, 3.8) is 0 Å². The zero-order chi connectivity index (χ0) is 17.6. The zero-order valence-electron chi connectivity index (χ0n) is 15.6. The minimum absolute atomic E-state index is 0.0868. The molecule has 2 rings (SSSR count). The van der Waals surface area contributed by atoms with E-state index in [1.54, 1.807) is 0 Å². The van der Waals surface area contributed by atoms with Gasteiger partial charge >= 0.3 is 0 Å². The highest BCUT2D eigenvalue weighted by molar-refractivity contribution is 5.62. The third-order valence-corrected chi connectivity index (χ3v) is 6.06. The third kappa shape index (κ3) is 4.38. The first kappa shape index (κ1) is 19.4. The smallest absolute Gasteiger partial charge is 0.129 e. The summed E-state index contributed by atoms with van der Waals surface area (Å²) in [5, 5.41) is 15.4. The van der Waals surface area contributed by atoms with Gasteiger partial charge in [0, 0.05) is 30.6 Å². The van der Waals surface area contributed by atoms with Gasteiger partial charge in [-0.2, -0.15) is 0 Å². The Kier molecular flexibility index (Phi) is 6.84. The predicted octanol–water partition coefficient (Wildman–Crippen LogP) is 2.40. The van der Waals surface area contributed by atoms with E-state index in [1.165, 1.54) is 0 Å². The molecule has 0 bridgehead atoms. The van der Waals surface area contributed by atoms with Gasteiger partial charge in [-0.1, -0.05) is 24.2 Å². The molecule has 2 aliphatic carbocycles. The Labute approximate surface area is 146 Å². The van der Waals surface area contributed by atoms with Gasteiger partial charge in [-0.3, -0.25) is 0 Å². The fraction of sp³-hybridized carbons (Fsp3) is 0.842. The highest BCUT2D eigenvalue weighted by Gasteiger charge is 2.58. The van der Waals surface area contributed by atoms with E-state index in [9.17, 15) is 5.11 Å². The van der Waals surface area contributed by atoms with Crippen LogP contribution in [0.2, 0.25) is 0 Å². The van der Waals surface area contributed by atoms with Gasteiger partial charge in [-0.15, -0.1) is 0 Å². The summed E-state index contributed by atoms with van der Waals surface area (Å²) >= 11 is 0. The molecule has 0 aliphatic heterocycles. The van der Waals surface area contributed by atoms with Crippen molar-refractivity contribution in [2.75, 3.05) is 33.8 Å². The van der Waals surface area contributed by atoms with Crippen molar-refractivity contribution in [3.8, 4) is 0 Å². The first-order chi connectivity index (χ1) is 11.4. The predicted molar refractivity (Wildman–Crippen MR) is 98.9 cm³/mol. The molecule has 0 aromatic heterocycles. The van der Waals surface area contributed by atoms with Crippen LogP contribution in [0.15, 0.2) is 17.3 Å². The molecule has 0 heterocycles. The van der Waals surface area contributed by atoms with Crippen LogP contribution in [0.3, 0.4) is 0 Å². The van der Waals surface area contributed by atoms with Gasteiger partial charge in [0.25, 0.3) is 0 Å². The molecule has 2 aliphatic rings. The Morgan fingerprint density at radius 3 is 2.83 bits per heavy atom. The number of fused-ring (bicyclic) bond motifs is 1. The molecule has 0 aromatic carbocycles. The van der Waals surface area contributed by atoms with Gasteiger partial charge in [0.15, 0.2) is 0 Å². The van der Waals surface area contributed by atoms with Gasteiger partial charge < -0.3 is 20.6 Å². The van der Waals surface area contributed by atoms with Crippen LogP contribution >= 0.6 is 0 Å². The van der Waals surface area contributed by atoms with E-state index in [0.717, 1.165) is 45.1 Å². The quantitative estimate of drug-likeness (QED) is 0.309. The molecule has 0 radical (unpaired) electrons. The third-order valence-electron chi connectivity index (χ3n) is 6.06. The van der Waals surface area contributed by atoms with Crippen LogP contribution in [0.25, 0.3) is 0 Å². The van der Waals surface area contributed by atoms with E-state index in [-0.39, 0.29) is 5.41 Å². The lowest BCUT2D eigenvalue weighted by Gasteiger charge is -2.48. The molecule has 24 heavy (non-hydrogen) atoms. The van der Waals surface area contributed by atoms with Crippen molar-refractivity contribution in [1.29, 1.82) is 0 Å². The minimum atomic E-state index is -0.577. The Bertz CT molecular complexity index is 452. The fourth-order valence-corrected chi connectivity index (χ4v) is 4.36. The van der Waals surface area contributed by atoms with Gasteiger partial charge in [-0.25, -0.2) is 0 Å². The van der Waals surface area contributed by atoms with E-state index in [4.69, 9.17) is 10.6 Å². The monoisotopic (exact) mass is 337 g/mol. The molecule has 0 aromatic rings. The van der Waals surface area contributed by atoms with E-state index >= 15 is 0 Å². The summed E-state index contributed by atoms with van der Waals surface area (Å²) in [7, 11) is 4.19. The lowest BCUT2D eigenvalue weighted by Crippen LogP contribution is -2.49. The topological polar surface area (TPSA) is 71.1 Å². The minimum Gasteiger partial charge on any atom is -0.395 e. The average Bonchev–Trinajstić information content (AvgIpc) is 2.79. The van der Waals surface area contributed by atoms with Gasteiger partial charge in [-0.05, 0) is 58.5 Å². The van der Waals surface area contributed by atoms with E-state index < -0.39 is 5.60 Å². The SMILES string of the molecule is CN(C)CC/C=C/[C@H]1CC[C@]2(C)[C@@H](/C=N/OCCN)CC[C@]2(O)C1. The second-order valence-electron chi connectivity index (χ2n) is 7.99. The van der Waals surface area contributed by atoms with Crippen LogP contribution in [0.4, 0.5) is 0 Å². The Balaban J connectivity index is 1.93.